The van der Waals surface area contributed by atoms with Crippen LogP contribution in [0, 0.1) is 0 Å². The maximum absolute atomic E-state index is 12.6. The number of nitrogens with zero attached hydrogens (tertiary/aromatic N) is 3. The van der Waals surface area contributed by atoms with Crippen molar-refractivity contribution >= 4 is 28.2 Å². The second kappa shape index (κ2) is 6.02. The number of rotatable bonds is 3. The van der Waals surface area contributed by atoms with Crippen molar-refractivity contribution in [3.8, 4) is 0 Å². The van der Waals surface area contributed by atoms with Crippen molar-refractivity contribution in [3.63, 3.8) is 0 Å². The Morgan fingerprint density at radius 3 is 2.64 bits per heavy atom. The molecule has 0 fully saturated rings. The second-order valence-corrected chi connectivity index (χ2v) is 6.35. The third-order valence-electron chi connectivity index (χ3n) is 4.33. The van der Waals surface area contributed by atoms with Gasteiger partial charge in [0, 0.05) is 10.9 Å². The number of hydrogen-bond donors (Lipinski definition) is 1. The average Bonchev–Trinajstić information content (AvgIpc) is 3.01. The van der Waals surface area contributed by atoms with Crippen LogP contribution in [0.4, 0.5) is 0 Å². The van der Waals surface area contributed by atoms with Crippen LogP contribution in [-0.2, 0) is 0 Å². The molecule has 5 heteroatoms. The van der Waals surface area contributed by atoms with Gasteiger partial charge in [-0.1, -0.05) is 56.3 Å². The van der Waals surface area contributed by atoms with Crippen LogP contribution in [0.2, 0.25) is 0 Å². The molecule has 0 aliphatic carbocycles. The van der Waals surface area contributed by atoms with Crippen molar-refractivity contribution < 1.29 is 0 Å². The van der Waals surface area contributed by atoms with Crippen LogP contribution in [0.1, 0.15) is 30.9 Å². The van der Waals surface area contributed by atoms with Crippen molar-refractivity contribution in [2.75, 3.05) is 0 Å². The van der Waals surface area contributed by atoms with Crippen molar-refractivity contribution in [1.29, 1.82) is 0 Å². The number of H-pyrrole nitrogens is 1. The molecule has 0 saturated carbocycles. The van der Waals surface area contributed by atoms with Crippen LogP contribution in [-0.4, -0.2) is 20.9 Å². The minimum Gasteiger partial charge on any atom is -0.349 e. The van der Waals surface area contributed by atoms with E-state index in [9.17, 15) is 4.79 Å². The third kappa shape index (κ3) is 2.74. The number of para-hydroxylation sites is 1. The van der Waals surface area contributed by atoms with Crippen LogP contribution in [0.15, 0.2) is 64.8 Å². The maximum atomic E-state index is 12.6. The quantitative estimate of drug-likeness (QED) is 0.579. The van der Waals surface area contributed by atoms with Gasteiger partial charge in [-0.2, -0.15) is 9.78 Å². The second-order valence-electron chi connectivity index (χ2n) is 6.35. The number of hydrogen-bond acceptors (Lipinski definition) is 3. The van der Waals surface area contributed by atoms with Crippen molar-refractivity contribution in [2.24, 2.45) is 5.10 Å². The summed E-state index contributed by atoms with van der Waals surface area (Å²) in [6, 6.07) is 15.9. The van der Waals surface area contributed by atoms with E-state index in [2.05, 4.69) is 41.0 Å². The zero-order valence-corrected chi connectivity index (χ0v) is 14.1. The van der Waals surface area contributed by atoms with Gasteiger partial charge in [0.1, 0.15) is 17.4 Å². The fraction of sp³-hybridized carbons (Fsp3) is 0.150. The first-order chi connectivity index (χ1) is 12.1. The van der Waals surface area contributed by atoms with Crippen molar-refractivity contribution in [3.05, 3.63) is 76.3 Å². The van der Waals surface area contributed by atoms with Gasteiger partial charge in [0.15, 0.2) is 0 Å². The Balaban J connectivity index is 1.73. The number of aromatic nitrogens is 3. The molecule has 25 heavy (non-hydrogen) atoms. The summed E-state index contributed by atoms with van der Waals surface area (Å²) in [6.45, 7) is 4.31. The van der Waals surface area contributed by atoms with E-state index in [1.54, 1.807) is 6.21 Å². The third-order valence-corrected chi connectivity index (χ3v) is 4.33. The molecule has 4 aromatic rings. The summed E-state index contributed by atoms with van der Waals surface area (Å²) in [4.78, 5) is 20.2. The predicted octanol–water partition coefficient (Wildman–Crippen LogP) is 3.88. The maximum Gasteiger partial charge on any atom is 0.298 e. The van der Waals surface area contributed by atoms with Crippen molar-refractivity contribution in [1.82, 2.24) is 14.6 Å². The molecule has 0 spiro atoms. The molecule has 0 aliphatic rings. The van der Waals surface area contributed by atoms with E-state index in [0.29, 0.717) is 17.0 Å². The molecule has 5 nitrogen and oxygen atoms in total. The van der Waals surface area contributed by atoms with E-state index in [-0.39, 0.29) is 5.56 Å². The summed E-state index contributed by atoms with van der Waals surface area (Å²) in [6.07, 6.45) is 3.13. The predicted molar refractivity (Wildman–Crippen MR) is 101 cm³/mol. The Bertz CT molecular complexity index is 1130. The van der Waals surface area contributed by atoms with E-state index in [0.717, 1.165) is 16.5 Å². The summed E-state index contributed by atoms with van der Waals surface area (Å²) in [5.41, 5.74) is 4.04. The van der Waals surface area contributed by atoms with E-state index in [4.69, 9.17) is 0 Å². The van der Waals surface area contributed by atoms with Gasteiger partial charge in [-0.15, -0.1) is 0 Å². The molecule has 2 aromatic carbocycles. The molecule has 0 amide bonds. The highest BCUT2D eigenvalue weighted by atomic mass is 16.1. The highest BCUT2D eigenvalue weighted by Gasteiger charge is 2.09. The lowest BCUT2D eigenvalue weighted by atomic mass is 10.0. The summed E-state index contributed by atoms with van der Waals surface area (Å²) >= 11 is 0. The number of fused-ring (bicyclic) bond motifs is 3. The van der Waals surface area contributed by atoms with Gasteiger partial charge in [0.2, 0.25) is 0 Å². The highest BCUT2D eigenvalue weighted by molar-refractivity contribution is 6.04. The molecule has 0 saturated heterocycles. The minimum absolute atomic E-state index is 0.212. The van der Waals surface area contributed by atoms with Gasteiger partial charge in [0.25, 0.3) is 5.56 Å². The van der Waals surface area contributed by atoms with E-state index in [1.807, 2.05) is 36.4 Å². The summed E-state index contributed by atoms with van der Waals surface area (Å²) in [5.74, 6) is 0.488. The lowest BCUT2D eigenvalue weighted by Crippen LogP contribution is -2.17. The van der Waals surface area contributed by atoms with Gasteiger partial charge >= 0.3 is 0 Å². The fourth-order valence-electron chi connectivity index (χ4n) is 2.87. The molecule has 4 rings (SSSR count). The molecule has 0 aliphatic heterocycles. The first-order valence-corrected chi connectivity index (χ1v) is 8.26. The smallest absolute Gasteiger partial charge is 0.298 e. The standard InChI is InChI=1S/C20H18N4O/c1-13(2)15-9-7-14(8-10-15)11-22-24-12-21-18-16-5-3-4-6-17(16)23-19(18)20(24)25/h3-13,23H,1-2H3. The Morgan fingerprint density at radius 2 is 1.88 bits per heavy atom. The number of benzene rings is 2. The Hall–Kier alpha value is -3.21. The largest absolute Gasteiger partial charge is 0.349 e. The fourth-order valence-corrected chi connectivity index (χ4v) is 2.87. The molecule has 124 valence electrons. The molecule has 0 radical (unpaired) electrons. The van der Waals surface area contributed by atoms with Crippen LogP contribution in [0.3, 0.4) is 0 Å². The van der Waals surface area contributed by atoms with Gasteiger partial charge in [-0.3, -0.25) is 4.79 Å². The zero-order chi connectivity index (χ0) is 17.4. The molecular formula is C20H18N4O. The van der Waals surface area contributed by atoms with Gasteiger partial charge < -0.3 is 4.98 Å². The first-order valence-electron chi connectivity index (χ1n) is 8.26. The van der Waals surface area contributed by atoms with Gasteiger partial charge in [-0.05, 0) is 23.1 Å². The van der Waals surface area contributed by atoms with E-state index < -0.39 is 0 Å². The Labute approximate surface area is 144 Å². The molecule has 0 atom stereocenters. The van der Waals surface area contributed by atoms with Crippen LogP contribution in [0.5, 0.6) is 0 Å². The highest BCUT2D eigenvalue weighted by Crippen LogP contribution is 2.20. The number of aromatic amines is 1. The van der Waals surface area contributed by atoms with E-state index >= 15 is 0 Å². The van der Waals surface area contributed by atoms with Crippen LogP contribution < -0.4 is 5.56 Å². The molecule has 0 unspecified atom stereocenters. The number of nitrogens with one attached hydrogen (secondary N) is 1. The molecule has 1 N–H and O–H groups in total. The molecule has 2 aromatic heterocycles. The Kier molecular flexibility index (Phi) is 3.69. The molecule has 0 bridgehead atoms. The lowest BCUT2D eigenvalue weighted by molar-refractivity contribution is 0.815. The molecular weight excluding hydrogens is 312 g/mol. The van der Waals surface area contributed by atoms with Crippen LogP contribution >= 0.6 is 0 Å². The lowest BCUT2D eigenvalue weighted by Gasteiger charge is -2.04. The summed E-state index contributed by atoms with van der Waals surface area (Å²) in [5, 5.41) is 5.21. The summed E-state index contributed by atoms with van der Waals surface area (Å²) in [7, 11) is 0. The van der Waals surface area contributed by atoms with Gasteiger partial charge in [-0.25, -0.2) is 4.98 Å². The topological polar surface area (TPSA) is 63.0 Å². The average molecular weight is 330 g/mol. The monoisotopic (exact) mass is 330 g/mol. The zero-order valence-electron chi connectivity index (χ0n) is 14.1. The summed E-state index contributed by atoms with van der Waals surface area (Å²) < 4.78 is 1.26. The van der Waals surface area contributed by atoms with Crippen LogP contribution in [0.25, 0.3) is 21.9 Å². The van der Waals surface area contributed by atoms with Crippen molar-refractivity contribution in [2.45, 2.75) is 19.8 Å². The van der Waals surface area contributed by atoms with E-state index in [1.165, 1.54) is 16.6 Å². The SMILES string of the molecule is CC(C)c1ccc(C=Nn2cnc3c([nH]c4ccccc43)c2=O)cc1. The Morgan fingerprint density at radius 1 is 1.12 bits per heavy atom. The normalized spacial score (nSPS) is 12.0. The minimum atomic E-state index is -0.212. The molecule has 2 heterocycles. The van der Waals surface area contributed by atoms with Gasteiger partial charge in [0.05, 0.1) is 6.21 Å². The first kappa shape index (κ1) is 15.3.